The quantitative estimate of drug-likeness (QED) is 0.380. The summed E-state index contributed by atoms with van der Waals surface area (Å²) in [7, 11) is -0.586. The fourth-order valence-corrected chi connectivity index (χ4v) is 0.474. The summed E-state index contributed by atoms with van der Waals surface area (Å²) in [5, 5.41) is 0. The van der Waals surface area contributed by atoms with Crippen LogP contribution in [0.2, 0.25) is 6.04 Å². The van der Waals surface area contributed by atoms with Crippen LogP contribution in [-0.2, 0) is 0 Å². The topological polar surface area (TPSA) is 20.2 Å². The molecule has 0 unspecified atom stereocenters. The summed E-state index contributed by atoms with van der Waals surface area (Å²) in [6.45, 7) is 2.09. The monoisotopic (exact) mass is 114 g/mol. The van der Waals surface area contributed by atoms with Crippen LogP contribution >= 0.6 is 0 Å². The third-order valence-electron chi connectivity index (χ3n) is 0.512. The molecule has 0 saturated heterocycles. The van der Waals surface area contributed by atoms with Gasteiger partial charge in [-0.25, -0.2) is 0 Å². The van der Waals surface area contributed by atoms with Gasteiger partial charge in [-0.2, -0.15) is 0 Å². The van der Waals surface area contributed by atoms with Crippen LogP contribution in [0, 0.1) is 0 Å². The van der Waals surface area contributed by atoms with Crippen molar-refractivity contribution in [3.63, 3.8) is 0 Å². The molecular formula is C3H11NaOSi. The Hall–Kier alpha value is 1.18. The van der Waals surface area contributed by atoms with Crippen molar-refractivity contribution in [1.29, 1.82) is 0 Å². The van der Waals surface area contributed by atoms with Crippen LogP contribution in [0.15, 0.2) is 0 Å². The normalized spacial score (nSPS) is 9.00. The molecule has 0 heterocycles. The zero-order valence-corrected chi connectivity index (χ0v) is 7.98. The van der Waals surface area contributed by atoms with E-state index in [1.165, 1.54) is 0 Å². The zero-order chi connectivity index (χ0) is 4.12. The molecule has 0 aromatic rings. The van der Waals surface area contributed by atoms with Crippen LogP contribution in [0.3, 0.4) is 0 Å². The molecule has 0 radical (unpaired) electrons. The van der Waals surface area contributed by atoms with Crippen molar-refractivity contribution in [1.82, 2.24) is 0 Å². The zero-order valence-electron chi connectivity index (χ0n) is 5.57. The van der Waals surface area contributed by atoms with Crippen LogP contribution in [0.25, 0.3) is 0 Å². The van der Waals surface area contributed by atoms with Gasteiger partial charge in [-0.3, -0.25) is 0 Å². The van der Waals surface area contributed by atoms with Crippen LogP contribution in [0.1, 0.15) is 14.8 Å². The molecular weight excluding hydrogens is 103 g/mol. The van der Waals surface area contributed by atoms with Crippen molar-refractivity contribution in [3.05, 3.63) is 0 Å². The van der Waals surface area contributed by atoms with Gasteiger partial charge in [-0.05, 0) is 6.04 Å². The van der Waals surface area contributed by atoms with Crippen LogP contribution in [-0.4, -0.2) is 14.6 Å². The Labute approximate surface area is 64.9 Å². The number of hydrogen-bond donors (Lipinski definition) is 1. The molecule has 0 rings (SSSR count). The van der Waals surface area contributed by atoms with Crippen molar-refractivity contribution >= 4 is 9.76 Å². The first-order valence-electron chi connectivity index (χ1n) is 2.02. The van der Waals surface area contributed by atoms with Gasteiger partial charge in [0.15, 0.2) is 9.76 Å². The van der Waals surface area contributed by atoms with Gasteiger partial charge >= 0.3 is 29.6 Å². The largest absolute Gasteiger partial charge is 1.00 e. The fraction of sp³-hybridized carbons (Fsp3) is 1.00. The average molecular weight is 114 g/mol. The molecule has 0 fully saturated rings. The van der Waals surface area contributed by atoms with Gasteiger partial charge in [0.1, 0.15) is 0 Å². The van der Waals surface area contributed by atoms with Gasteiger partial charge in [-0.15, -0.1) is 0 Å². The van der Waals surface area contributed by atoms with Gasteiger partial charge in [0.05, 0.1) is 0 Å². The molecule has 34 valence electrons. The van der Waals surface area contributed by atoms with Crippen LogP contribution in [0.5, 0.6) is 0 Å². The van der Waals surface area contributed by atoms with Crippen LogP contribution < -0.4 is 29.6 Å². The summed E-state index contributed by atoms with van der Waals surface area (Å²) in [6.07, 6.45) is 1.16. The maximum Gasteiger partial charge on any atom is 1.00 e. The smallest absolute Gasteiger partial charge is 1.00 e. The summed E-state index contributed by atoms with van der Waals surface area (Å²) in [4.78, 5) is 8.21. The first-order chi connectivity index (χ1) is 2.41. The van der Waals surface area contributed by atoms with Crippen molar-refractivity contribution in [2.24, 2.45) is 0 Å². The molecule has 0 bridgehead atoms. The summed E-state index contributed by atoms with van der Waals surface area (Å²) in [5.74, 6) is 0. The second-order valence-electron chi connectivity index (χ2n) is 1.08. The van der Waals surface area contributed by atoms with E-state index in [0.29, 0.717) is 0 Å². The molecule has 1 N–H and O–H groups in total. The Balaban J connectivity index is -0.0000000800. The van der Waals surface area contributed by atoms with Crippen LogP contribution in [0.4, 0.5) is 0 Å². The molecule has 6 heavy (non-hydrogen) atoms. The maximum atomic E-state index is 8.21. The molecule has 0 aliphatic rings. The summed E-state index contributed by atoms with van der Waals surface area (Å²) in [5.41, 5.74) is 0. The predicted octanol–water partition coefficient (Wildman–Crippen LogP) is -2.99. The van der Waals surface area contributed by atoms with Crippen molar-refractivity contribution in [2.45, 2.75) is 19.4 Å². The van der Waals surface area contributed by atoms with Gasteiger partial charge in [0.25, 0.3) is 0 Å². The number of hydrogen-bond acceptors (Lipinski definition) is 1. The standard InChI is InChI=1S/C3H10OSi.Na.H/c1-2-3-5-4;;/h4H,2-3,5H2,1H3;;/q;+1;-1. The van der Waals surface area contributed by atoms with E-state index in [4.69, 9.17) is 4.80 Å². The Morgan fingerprint density at radius 3 is 2.33 bits per heavy atom. The molecule has 0 aliphatic heterocycles. The van der Waals surface area contributed by atoms with E-state index in [9.17, 15) is 0 Å². The summed E-state index contributed by atoms with van der Waals surface area (Å²) in [6, 6.07) is 1.08. The van der Waals surface area contributed by atoms with E-state index >= 15 is 0 Å². The van der Waals surface area contributed by atoms with E-state index in [0.717, 1.165) is 12.5 Å². The fourth-order valence-electron chi connectivity index (χ4n) is 0.158. The number of rotatable bonds is 2. The summed E-state index contributed by atoms with van der Waals surface area (Å²) >= 11 is 0. The molecule has 0 saturated carbocycles. The minimum absolute atomic E-state index is 0. The first-order valence-corrected chi connectivity index (χ1v) is 3.66. The second kappa shape index (κ2) is 9.49. The van der Waals surface area contributed by atoms with Crippen molar-refractivity contribution < 1.29 is 35.8 Å². The van der Waals surface area contributed by atoms with E-state index in [1.807, 2.05) is 0 Å². The van der Waals surface area contributed by atoms with Crippen molar-refractivity contribution in [3.8, 4) is 0 Å². The molecule has 0 aromatic heterocycles. The molecule has 3 heteroatoms. The summed E-state index contributed by atoms with van der Waals surface area (Å²) < 4.78 is 0. The Kier molecular flexibility index (Phi) is 16.2. The molecule has 0 amide bonds. The first kappa shape index (κ1) is 10.2. The molecule has 0 aliphatic carbocycles. The maximum absolute atomic E-state index is 8.21. The molecule has 0 atom stereocenters. The molecule has 1 nitrogen and oxygen atoms in total. The van der Waals surface area contributed by atoms with Gasteiger partial charge in [0, 0.05) is 0 Å². The van der Waals surface area contributed by atoms with E-state index < -0.39 is 9.76 Å². The van der Waals surface area contributed by atoms with Gasteiger partial charge < -0.3 is 6.22 Å². The minimum Gasteiger partial charge on any atom is -1.00 e. The van der Waals surface area contributed by atoms with E-state index in [-0.39, 0.29) is 31.0 Å². The molecule has 0 aromatic carbocycles. The third-order valence-corrected chi connectivity index (χ3v) is 1.54. The predicted molar refractivity (Wildman–Crippen MR) is 27.0 cm³/mol. The second-order valence-corrected chi connectivity index (χ2v) is 2.23. The SMILES string of the molecule is CCC[SiH2]O.[H-].[Na+]. The molecule has 0 spiro atoms. The Morgan fingerprint density at radius 2 is 2.33 bits per heavy atom. The van der Waals surface area contributed by atoms with E-state index in [1.54, 1.807) is 0 Å². The Morgan fingerprint density at radius 1 is 1.83 bits per heavy atom. The minimum atomic E-state index is -0.586. The van der Waals surface area contributed by atoms with Gasteiger partial charge in [0.2, 0.25) is 0 Å². The van der Waals surface area contributed by atoms with Crippen molar-refractivity contribution in [2.75, 3.05) is 0 Å². The Bertz CT molecular complexity index is 22.4. The average Bonchev–Trinajstić information content (AvgIpc) is 1.41. The van der Waals surface area contributed by atoms with Gasteiger partial charge in [-0.1, -0.05) is 13.3 Å². The van der Waals surface area contributed by atoms with E-state index in [2.05, 4.69) is 6.92 Å². The third kappa shape index (κ3) is 8.95.